The van der Waals surface area contributed by atoms with E-state index >= 15 is 0 Å². The maximum atomic E-state index is 11.8. The molecular formula is C13H22N2O3. The molecule has 0 saturated carbocycles. The molecule has 2 rings (SSSR count). The lowest BCUT2D eigenvalue weighted by molar-refractivity contribution is -0.147. The molecular weight excluding hydrogens is 232 g/mol. The number of hydrogen-bond acceptors (Lipinski definition) is 3. The van der Waals surface area contributed by atoms with E-state index in [2.05, 4.69) is 11.8 Å². The fourth-order valence-corrected chi connectivity index (χ4v) is 2.91. The second-order valence-electron chi connectivity index (χ2n) is 5.46. The molecule has 2 saturated heterocycles. The molecule has 0 aromatic heterocycles. The molecule has 2 unspecified atom stereocenters. The van der Waals surface area contributed by atoms with E-state index in [9.17, 15) is 9.59 Å². The smallest absolute Gasteiger partial charge is 0.308 e. The molecule has 2 aliphatic rings. The zero-order valence-corrected chi connectivity index (χ0v) is 11.0. The number of carboxylic acid groups (broad SMARTS) is 1. The minimum atomic E-state index is -0.777. The molecule has 0 spiro atoms. The zero-order valence-electron chi connectivity index (χ0n) is 11.0. The molecule has 0 radical (unpaired) electrons. The Morgan fingerprint density at radius 2 is 2.11 bits per heavy atom. The highest BCUT2D eigenvalue weighted by molar-refractivity contribution is 5.80. The molecule has 0 aromatic carbocycles. The Morgan fingerprint density at radius 1 is 1.44 bits per heavy atom. The first-order valence-electron chi connectivity index (χ1n) is 6.82. The van der Waals surface area contributed by atoms with E-state index in [1.54, 1.807) is 4.90 Å². The Hall–Kier alpha value is -1.10. The van der Waals surface area contributed by atoms with Crippen LogP contribution >= 0.6 is 0 Å². The third kappa shape index (κ3) is 3.02. The van der Waals surface area contributed by atoms with Gasteiger partial charge in [-0.3, -0.25) is 14.5 Å². The summed E-state index contributed by atoms with van der Waals surface area (Å²) >= 11 is 0. The topological polar surface area (TPSA) is 60.9 Å². The van der Waals surface area contributed by atoms with Crippen LogP contribution in [0.15, 0.2) is 0 Å². The van der Waals surface area contributed by atoms with Crippen molar-refractivity contribution in [3.63, 3.8) is 0 Å². The Morgan fingerprint density at radius 3 is 2.72 bits per heavy atom. The highest BCUT2D eigenvalue weighted by Crippen LogP contribution is 2.20. The molecule has 0 aromatic rings. The van der Waals surface area contributed by atoms with E-state index in [4.69, 9.17) is 5.11 Å². The van der Waals surface area contributed by atoms with E-state index in [0.717, 1.165) is 13.1 Å². The SMILES string of the molecule is CC(CN1CC(C(=O)O)CCC1=O)N1CCCC1. The molecule has 2 atom stereocenters. The quantitative estimate of drug-likeness (QED) is 0.806. The predicted octanol–water partition coefficient (Wildman–Crippen LogP) is 0.794. The van der Waals surface area contributed by atoms with Gasteiger partial charge in [0.05, 0.1) is 5.92 Å². The van der Waals surface area contributed by atoms with Gasteiger partial charge >= 0.3 is 5.97 Å². The number of nitrogens with zero attached hydrogens (tertiary/aromatic N) is 2. The van der Waals surface area contributed by atoms with Gasteiger partial charge in [0.2, 0.25) is 5.91 Å². The van der Waals surface area contributed by atoms with Crippen LogP contribution in [0.2, 0.25) is 0 Å². The molecule has 5 heteroatoms. The maximum absolute atomic E-state index is 11.8. The molecule has 102 valence electrons. The summed E-state index contributed by atoms with van der Waals surface area (Å²) in [5, 5.41) is 9.04. The van der Waals surface area contributed by atoms with E-state index in [1.165, 1.54) is 12.8 Å². The number of piperidine rings is 1. The number of carbonyl (C=O) groups excluding carboxylic acids is 1. The lowest BCUT2D eigenvalue weighted by atomic mass is 9.97. The first-order valence-corrected chi connectivity index (χ1v) is 6.82. The largest absolute Gasteiger partial charge is 0.481 e. The van der Waals surface area contributed by atoms with Crippen LogP contribution in [0.25, 0.3) is 0 Å². The normalized spacial score (nSPS) is 27.5. The van der Waals surface area contributed by atoms with Gasteiger partial charge in [0.25, 0.3) is 0 Å². The van der Waals surface area contributed by atoms with Crippen LogP contribution in [0.4, 0.5) is 0 Å². The summed E-state index contributed by atoms with van der Waals surface area (Å²) in [6.07, 6.45) is 3.33. The molecule has 2 heterocycles. The third-order valence-electron chi connectivity index (χ3n) is 4.10. The Bertz CT molecular complexity index is 326. The second-order valence-corrected chi connectivity index (χ2v) is 5.46. The molecule has 1 amide bonds. The standard InChI is InChI=1S/C13H22N2O3/c1-10(14-6-2-3-7-14)8-15-9-11(13(17)18)4-5-12(15)16/h10-11H,2-9H2,1H3,(H,17,18). The second kappa shape index (κ2) is 5.69. The molecule has 2 fully saturated rings. The highest BCUT2D eigenvalue weighted by Gasteiger charge is 2.31. The van der Waals surface area contributed by atoms with Crippen LogP contribution in [-0.4, -0.2) is 59.0 Å². The van der Waals surface area contributed by atoms with Crippen molar-refractivity contribution < 1.29 is 14.7 Å². The zero-order chi connectivity index (χ0) is 13.1. The van der Waals surface area contributed by atoms with Crippen LogP contribution in [-0.2, 0) is 9.59 Å². The number of aliphatic carboxylic acids is 1. The number of likely N-dealkylation sites (tertiary alicyclic amines) is 2. The van der Waals surface area contributed by atoms with Crippen LogP contribution in [0.3, 0.4) is 0 Å². The monoisotopic (exact) mass is 254 g/mol. The van der Waals surface area contributed by atoms with Gasteiger partial charge in [0.15, 0.2) is 0 Å². The average molecular weight is 254 g/mol. The first-order chi connectivity index (χ1) is 8.58. The van der Waals surface area contributed by atoms with E-state index in [-0.39, 0.29) is 11.8 Å². The summed E-state index contributed by atoms with van der Waals surface area (Å²) < 4.78 is 0. The molecule has 2 aliphatic heterocycles. The summed E-state index contributed by atoms with van der Waals surface area (Å²) in [4.78, 5) is 27.0. The Labute approximate surface area is 108 Å². The van der Waals surface area contributed by atoms with Crippen molar-refractivity contribution >= 4 is 11.9 Å². The number of carbonyl (C=O) groups is 2. The van der Waals surface area contributed by atoms with Crippen LogP contribution in [0, 0.1) is 5.92 Å². The summed E-state index contributed by atoms with van der Waals surface area (Å²) in [5.41, 5.74) is 0. The first kappa shape index (κ1) is 13.3. The third-order valence-corrected chi connectivity index (χ3v) is 4.10. The maximum Gasteiger partial charge on any atom is 0.308 e. The Balaban J connectivity index is 1.89. The molecule has 5 nitrogen and oxygen atoms in total. The molecule has 1 N–H and O–H groups in total. The van der Waals surface area contributed by atoms with Crippen molar-refractivity contribution in [3.05, 3.63) is 0 Å². The van der Waals surface area contributed by atoms with Crippen molar-refractivity contribution in [1.29, 1.82) is 0 Å². The van der Waals surface area contributed by atoms with E-state index < -0.39 is 5.97 Å². The van der Waals surface area contributed by atoms with Crippen LogP contribution in [0.5, 0.6) is 0 Å². The lowest BCUT2D eigenvalue weighted by Crippen LogP contribution is -2.48. The van der Waals surface area contributed by atoms with Crippen molar-refractivity contribution in [2.75, 3.05) is 26.2 Å². The van der Waals surface area contributed by atoms with Gasteiger partial charge in [-0.2, -0.15) is 0 Å². The molecule has 18 heavy (non-hydrogen) atoms. The fourth-order valence-electron chi connectivity index (χ4n) is 2.91. The van der Waals surface area contributed by atoms with E-state index in [1.807, 2.05) is 0 Å². The van der Waals surface area contributed by atoms with E-state index in [0.29, 0.717) is 32.0 Å². The summed E-state index contributed by atoms with van der Waals surface area (Å²) in [6.45, 7) is 5.38. The summed E-state index contributed by atoms with van der Waals surface area (Å²) in [6, 6.07) is 0.337. The van der Waals surface area contributed by atoms with Gasteiger partial charge in [0, 0.05) is 25.6 Å². The molecule has 0 bridgehead atoms. The summed E-state index contributed by atoms with van der Waals surface area (Å²) in [7, 11) is 0. The summed E-state index contributed by atoms with van der Waals surface area (Å²) in [5.74, 6) is -1.05. The minimum Gasteiger partial charge on any atom is -0.481 e. The van der Waals surface area contributed by atoms with Crippen molar-refractivity contribution in [2.24, 2.45) is 5.92 Å². The number of rotatable bonds is 4. The van der Waals surface area contributed by atoms with Crippen LogP contribution < -0.4 is 0 Å². The van der Waals surface area contributed by atoms with Crippen molar-refractivity contribution in [1.82, 2.24) is 9.80 Å². The number of amides is 1. The highest BCUT2D eigenvalue weighted by atomic mass is 16.4. The average Bonchev–Trinajstić information content (AvgIpc) is 2.85. The van der Waals surface area contributed by atoms with Gasteiger partial charge in [-0.1, -0.05) is 0 Å². The molecule has 0 aliphatic carbocycles. The Kier molecular flexibility index (Phi) is 4.22. The van der Waals surface area contributed by atoms with Crippen molar-refractivity contribution in [2.45, 2.75) is 38.6 Å². The van der Waals surface area contributed by atoms with Crippen molar-refractivity contribution in [3.8, 4) is 0 Å². The van der Waals surface area contributed by atoms with Crippen LogP contribution in [0.1, 0.15) is 32.6 Å². The number of hydrogen-bond donors (Lipinski definition) is 1. The fraction of sp³-hybridized carbons (Fsp3) is 0.846. The minimum absolute atomic E-state index is 0.110. The van der Waals surface area contributed by atoms with Gasteiger partial charge in [0.1, 0.15) is 0 Å². The lowest BCUT2D eigenvalue weighted by Gasteiger charge is -2.35. The number of carboxylic acids is 1. The predicted molar refractivity (Wildman–Crippen MR) is 67.2 cm³/mol. The van der Waals surface area contributed by atoms with Gasteiger partial charge in [-0.05, 0) is 39.3 Å². The van der Waals surface area contributed by atoms with Gasteiger partial charge in [-0.25, -0.2) is 0 Å². The van der Waals surface area contributed by atoms with Gasteiger partial charge in [-0.15, -0.1) is 0 Å². The van der Waals surface area contributed by atoms with Gasteiger partial charge < -0.3 is 10.0 Å².